The summed E-state index contributed by atoms with van der Waals surface area (Å²) in [5.74, 6) is -0.351. The molecule has 4 nitrogen and oxygen atoms in total. The summed E-state index contributed by atoms with van der Waals surface area (Å²) < 4.78 is 14.8. The molecule has 0 aliphatic rings. The summed E-state index contributed by atoms with van der Waals surface area (Å²) in [5.41, 5.74) is 1.38. The molecular weight excluding hydrogens is 221 g/mol. The zero-order chi connectivity index (χ0) is 12.4. The lowest BCUT2D eigenvalue weighted by molar-refractivity contribution is 0.111. The van der Waals surface area contributed by atoms with Crippen LogP contribution in [-0.4, -0.2) is 21.3 Å². The lowest BCUT2D eigenvalue weighted by Crippen LogP contribution is -2.05. The molecule has 0 spiro atoms. The van der Waals surface area contributed by atoms with Crippen LogP contribution in [0, 0.1) is 5.82 Å². The average molecular weight is 233 g/mol. The topological polar surface area (TPSA) is 47.8 Å². The quantitative estimate of drug-likeness (QED) is 0.765. The average Bonchev–Trinajstić information content (AvgIpc) is 2.72. The van der Waals surface area contributed by atoms with Crippen LogP contribution in [0.5, 0.6) is 0 Å². The van der Waals surface area contributed by atoms with E-state index in [0.29, 0.717) is 17.5 Å². The number of carbonyl (C=O) groups excluding carboxylic acids is 1. The van der Waals surface area contributed by atoms with Gasteiger partial charge in [0.05, 0.1) is 5.69 Å². The second-order valence-corrected chi connectivity index (χ2v) is 3.99. The smallest absolute Gasteiger partial charge is 0.172 e. The van der Waals surface area contributed by atoms with Crippen molar-refractivity contribution in [2.75, 3.05) is 0 Å². The maximum absolute atomic E-state index is 13.2. The normalized spacial score (nSPS) is 10.8. The lowest BCUT2D eigenvalue weighted by Gasteiger charge is -2.09. The van der Waals surface area contributed by atoms with Gasteiger partial charge in [-0.15, -0.1) is 5.10 Å². The summed E-state index contributed by atoms with van der Waals surface area (Å²) in [4.78, 5) is 10.9. The van der Waals surface area contributed by atoms with Gasteiger partial charge in [0.15, 0.2) is 12.0 Å². The van der Waals surface area contributed by atoms with E-state index in [0.717, 1.165) is 0 Å². The Morgan fingerprint density at radius 1 is 1.41 bits per heavy atom. The minimum absolute atomic E-state index is 0.0504. The van der Waals surface area contributed by atoms with E-state index in [1.165, 1.54) is 12.1 Å². The fraction of sp³-hybridized carbons (Fsp3) is 0.250. The number of hydrogen-bond donors (Lipinski definition) is 0. The van der Waals surface area contributed by atoms with Crippen molar-refractivity contribution in [1.29, 1.82) is 0 Å². The van der Waals surface area contributed by atoms with Gasteiger partial charge in [-0.05, 0) is 26.0 Å². The Morgan fingerprint density at radius 3 is 2.76 bits per heavy atom. The van der Waals surface area contributed by atoms with E-state index in [9.17, 15) is 9.18 Å². The van der Waals surface area contributed by atoms with Gasteiger partial charge in [-0.2, -0.15) is 0 Å². The lowest BCUT2D eigenvalue weighted by atomic mass is 10.1. The number of aromatic nitrogens is 3. The second-order valence-electron chi connectivity index (χ2n) is 3.99. The number of nitrogens with zero attached hydrogens (tertiary/aromatic N) is 3. The Bertz CT molecular complexity index is 548. The maximum Gasteiger partial charge on any atom is 0.172 e. The molecular formula is C12H12FN3O. The Morgan fingerprint density at radius 2 is 2.18 bits per heavy atom. The van der Waals surface area contributed by atoms with Crippen molar-refractivity contribution < 1.29 is 9.18 Å². The molecule has 0 aliphatic carbocycles. The van der Waals surface area contributed by atoms with Crippen molar-refractivity contribution in [2.24, 2.45) is 0 Å². The summed E-state index contributed by atoms with van der Waals surface area (Å²) in [7, 11) is 0. The standard InChI is InChI=1S/C12H12FN3O/c1-8(2)16-12(11(7-17)14-15-16)9-4-3-5-10(13)6-9/h3-8H,1-2H3. The molecule has 0 amide bonds. The molecule has 0 saturated heterocycles. The van der Waals surface area contributed by atoms with Gasteiger partial charge in [0.1, 0.15) is 5.82 Å². The molecule has 1 aromatic carbocycles. The Hall–Kier alpha value is -2.04. The Balaban J connectivity index is 2.64. The molecule has 0 aliphatic heterocycles. The number of hydrogen-bond acceptors (Lipinski definition) is 3. The first-order valence-electron chi connectivity index (χ1n) is 5.29. The van der Waals surface area contributed by atoms with Gasteiger partial charge in [-0.1, -0.05) is 17.3 Å². The van der Waals surface area contributed by atoms with Crippen LogP contribution < -0.4 is 0 Å². The highest BCUT2D eigenvalue weighted by atomic mass is 19.1. The molecule has 0 fully saturated rings. The molecule has 0 N–H and O–H groups in total. The third-order valence-electron chi connectivity index (χ3n) is 2.42. The van der Waals surface area contributed by atoms with E-state index in [-0.39, 0.29) is 17.6 Å². The highest BCUT2D eigenvalue weighted by molar-refractivity contribution is 5.83. The molecule has 2 rings (SSSR count). The molecule has 0 unspecified atom stereocenters. The summed E-state index contributed by atoms with van der Waals surface area (Å²) in [6.07, 6.45) is 0.631. The second kappa shape index (κ2) is 4.45. The third kappa shape index (κ3) is 2.08. The molecule has 1 aromatic heterocycles. The largest absolute Gasteiger partial charge is 0.296 e. The van der Waals surface area contributed by atoms with Crippen LogP contribution in [0.4, 0.5) is 4.39 Å². The van der Waals surface area contributed by atoms with Crippen molar-refractivity contribution >= 4 is 6.29 Å². The van der Waals surface area contributed by atoms with Crippen LogP contribution in [0.2, 0.25) is 0 Å². The number of rotatable bonds is 3. The van der Waals surface area contributed by atoms with Crippen molar-refractivity contribution in [1.82, 2.24) is 15.0 Å². The zero-order valence-electron chi connectivity index (χ0n) is 9.59. The number of benzene rings is 1. The molecule has 1 heterocycles. The molecule has 0 saturated carbocycles. The first-order valence-corrected chi connectivity index (χ1v) is 5.29. The predicted molar refractivity (Wildman–Crippen MR) is 61.2 cm³/mol. The fourth-order valence-electron chi connectivity index (χ4n) is 1.66. The molecule has 0 atom stereocenters. The molecule has 2 aromatic rings. The first-order chi connectivity index (χ1) is 8.13. The minimum atomic E-state index is -0.351. The van der Waals surface area contributed by atoms with Gasteiger partial charge in [0.25, 0.3) is 0 Å². The van der Waals surface area contributed by atoms with E-state index in [1.54, 1.807) is 16.8 Å². The minimum Gasteiger partial charge on any atom is -0.296 e. The molecule has 0 radical (unpaired) electrons. The van der Waals surface area contributed by atoms with E-state index < -0.39 is 0 Å². The molecule has 88 valence electrons. The highest BCUT2D eigenvalue weighted by Gasteiger charge is 2.16. The van der Waals surface area contributed by atoms with E-state index in [1.807, 2.05) is 13.8 Å². The summed E-state index contributed by atoms with van der Waals surface area (Å²) in [5, 5.41) is 7.69. The van der Waals surface area contributed by atoms with Gasteiger partial charge in [0.2, 0.25) is 0 Å². The SMILES string of the molecule is CC(C)n1nnc(C=O)c1-c1cccc(F)c1. The van der Waals surface area contributed by atoms with Crippen molar-refractivity contribution in [3.05, 3.63) is 35.8 Å². The Labute approximate surface area is 98.1 Å². The van der Waals surface area contributed by atoms with Gasteiger partial charge in [-0.3, -0.25) is 4.79 Å². The van der Waals surface area contributed by atoms with Crippen LogP contribution in [0.3, 0.4) is 0 Å². The summed E-state index contributed by atoms with van der Waals surface area (Å²) in [6, 6.07) is 6.09. The number of halogens is 1. The highest BCUT2D eigenvalue weighted by Crippen LogP contribution is 2.24. The summed E-state index contributed by atoms with van der Waals surface area (Å²) in [6.45, 7) is 3.85. The van der Waals surface area contributed by atoms with Gasteiger partial charge in [-0.25, -0.2) is 9.07 Å². The van der Waals surface area contributed by atoms with Crippen molar-refractivity contribution in [2.45, 2.75) is 19.9 Å². The van der Waals surface area contributed by atoms with Crippen LogP contribution in [0.15, 0.2) is 24.3 Å². The van der Waals surface area contributed by atoms with Gasteiger partial charge in [0, 0.05) is 11.6 Å². The first kappa shape index (κ1) is 11.4. The van der Waals surface area contributed by atoms with Crippen LogP contribution >= 0.6 is 0 Å². The predicted octanol–water partition coefficient (Wildman–Crippen LogP) is 2.48. The van der Waals surface area contributed by atoms with Crippen molar-refractivity contribution in [3.8, 4) is 11.3 Å². The zero-order valence-corrected chi connectivity index (χ0v) is 9.59. The molecule has 0 bridgehead atoms. The monoisotopic (exact) mass is 233 g/mol. The van der Waals surface area contributed by atoms with E-state index in [4.69, 9.17) is 0 Å². The fourth-order valence-corrected chi connectivity index (χ4v) is 1.66. The molecule has 17 heavy (non-hydrogen) atoms. The van der Waals surface area contributed by atoms with Gasteiger partial charge < -0.3 is 0 Å². The van der Waals surface area contributed by atoms with Crippen LogP contribution in [-0.2, 0) is 0 Å². The van der Waals surface area contributed by atoms with Crippen LogP contribution in [0.25, 0.3) is 11.3 Å². The van der Waals surface area contributed by atoms with Crippen LogP contribution in [0.1, 0.15) is 30.4 Å². The Kier molecular flexibility index (Phi) is 2.99. The maximum atomic E-state index is 13.2. The number of carbonyl (C=O) groups is 1. The number of aldehydes is 1. The third-order valence-corrected chi connectivity index (χ3v) is 2.42. The molecule has 5 heteroatoms. The summed E-state index contributed by atoms with van der Waals surface area (Å²) >= 11 is 0. The van der Waals surface area contributed by atoms with Gasteiger partial charge >= 0.3 is 0 Å². The van der Waals surface area contributed by atoms with E-state index in [2.05, 4.69) is 10.3 Å². The van der Waals surface area contributed by atoms with Crippen molar-refractivity contribution in [3.63, 3.8) is 0 Å². The van der Waals surface area contributed by atoms with E-state index >= 15 is 0 Å².